The van der Waals surface area contributed by atoms with Crippen LogP contribution >= 0.6 is 0 Å². The smallest absolute Gasteiger partial charge is 0.203 e. The summed E-state index contributed by atoms with van der Waals surface area (Å²) in [6.45, 7) is 1.89. The van der Waals surface area contributed by atoms with Gasteiger partial charge in [-0.25, -0.2) is 4.98 Å². The Hall–Kier alpha value is -1.90. The second kappa shape index (κ2) is 2.54. The van der Waals surface area contributed by atoms with Crippen LogP contribution in [0.5, 0.6) is 0 Å². The molecule has 0 radical (unpaired) electrons. The Labute approximate surface area is 80.3 Å². The lowest BCUT2D eigenvalue weighted by Gasteiger charge is -1.94. The molecule has 0 N–H and O–H groups in total. The highest BCUT2D eigenvalue weighted by molar-refractivity contribution is 5.91. The zero-order valence-corrected chi connectivity index (χ0v) is 7.69. The van der Waals surface area contributed by atoms with Crippen LogP contribution in [0.3, 0.4) is 0 Å². The summed E-state index contributed by atoms with van der Waals surface area (Å²) in [6, 6.07) is 10.0. The SMILES string of the molecule is Cc1onc2nc3ccccc3cc12. The minimum absolute atomic E-state index is 0.682. The molecule has 0 bridgehead atoms. The van der Waals surface area contributed by atoms with Crippen molar-refractivity contribution in [2.45, 2.75) is 6.92 Å². The molecule has 0 aliphatic carbocycles. The van der Waals surface area contributed by atoms with E-state index < -0.39 is 0 Å². The molecule has 3 aromatic rings. The van der Waals surface area contributed by atoms with Crippen molar-refractivity contribution < 1.29 is 4.52 Å². The zero-order valence-electron chi connectivity index (χ0n) is 7.69. The first-order chi connectivity index (χ1) is 6.84. The van der Waals surface area contributed by atoms with Crippen LogP contribution in [0.25, 0.3) is 21.9 Å². The van der Waals surface area contributed by atoms with Gasteiger partial charge in [-0.3, -0.25) is 0 Å². The highest BCUT2D eigenvalue weighted by atomic mass is 16.5. The van der Waals surface area contributed by atoms with Gasteiger partial charge in [0.05, 0.1) is 10.9 Å². The third-order valence-corrected chi connectivity index (χ3v) is 2.35. The Kier molecular flexibility index (Phi) is 1.36. The first-order valence-corrected chi connectivity index (χ1v) is 4.46. The summed E-state index contributed by atoms with van der Waals surface area (Å²) >= 11 is 0. The van der Waals surface area contributed by atoms with Crippen LogP contribution in [-0.2, 0) is 0 Å². The molecule has 0 saturated carbocycles. The molecule has 2 aromatic heterocycles. The number of rotatable bonds is 0. The first-order valence-electron chi connectivity index (χ1n) is 4.46. The number of hydrogen-bond acceptors (Lipinski definition) is 3. The Bertz CT molecular complexity index is 613. The third kappa shape index (κ3) is 0.923. The van der Waals surface area contributed by atoms with E-state index in [1.54, 1.807) is 0 Å². The number of hydrogen-bond donors (Lipinski definition) is 0. The fraction of sp³-hybridized carbons (Fsp3) is 0.0909. The summed E-state index contributed by atoms with van der Waals surface area (Å²) in [6.07, 6.45) is 0. The van der Waals surface area contributed by atoms with Crippen molar-refractivity contribution in [2.24, 2.45) is 0 Å². The van der Waals surface area contributed by atoms with Crippen molar-refractivity contribution in [1.82, 2.24) is 10.1 Å². The molecule has 0 spiro atoms. The van der Waals surface area contributed by atoms with Gasteiger partial charge in [0, 0.05) is 5.39 Å². The van der Waals surface area contributed by atoms with Gasteiger partial charge < -0.3 is 4.52 Å². The molecule has 3 nitrogen and oxygen atoms in total. The van der Waals surface area contributed by atoms with Crippen LogP contribution in [0, 0.1) is 6.92 Å². The quantitative estimate of drug-likeness (QED) is 0.539. The second-order valence-corrected chi connectivity index (χ2v) is 3.29. The van der Waals surface area contributed by atoms with E-state index in [1.165, 1.54) is 0 Å². The average molecular weight is 184 g/mol. The van der Waals surface area contributed by atoms with E-state index in [0.717, 1.165) is 22.0 Å². The molecule has 0 saturated heterocycles. The Morgan fingerprint density at radius 2 is 2.07 bits per heavy atom. The maximum atomic E-state index is 5.07. The molecule has 0 aliphatic heterocycles. The number of aryl methyl sites for hydroxylation is 1. The fourth-order valence-electron chi connectivity index (χ4n) is 1.60. The summed E-state index contributed by atoms with van der Waals surface area (Å²) < 4.78 is 5.07. The molecule has 0 amide bonds. The molecule has 3 rings (SSSR count). The van der Waals surface area contributed by atoms with Gasteiger partial charge in [0.2, 0.25) is 5.65 Å². The van der Waals surface area contributed by atoms with E-state index in [1.807, 2.05) is 31.2 Å². The van der Waals surface area contributed by atoms with Gasteiger partial charge >= 0.3 is 0 Å². The highest BCUT2D eigenvalue weighted by Crippen LogP contribution is 2.21. The first kappa shape index (κ1) is 7.50. The lowest BCUT2D eigenvalue weighted by Crippen LogP contribution is -1.80. The van der Waals surface area contributed by atoms with Crippen molar-refractivity contribution >= 4 is 21.9 Å². The van der Waals surface area contributed by atoms with E-state index >= 15 is 0 Å². The zero-order chi connectivity index (χ0) is 9.54. The topological polar surface area (TPSA) is 38.9 Å². The van der Waals surface area contributed by atoms with Crippen molar-refractivity contribution in [3.63, 3.8) is 0 Å². The minimum atomic E-state index is 0.682. The minimum Gasteiger partial charge on any atom is -0.359 e. The number of pyridine rings is 1. The van der Waals surface area contributed by atoms with Crippen LogP contribution < -0.4 is 0 Å². The summed E-state index contributed by atoms with van der Waals surface area (Å²) in [7, 11) is 0. The van der Waals surface area contributed by atoms with E-state index in [0.29, 0.717) is 5.65 Å². The van der Waals surface area contributed by atoms with Crippen LogP contribution in [0.4, 0.5) is 0 Å². The lowest BCUT2D eigenvalue weighted by atomic mass is 10.2. The summed E-state index contributed by atoms with van der Waals surface area (Å²) in [4.78, 5) is 4.39. The fourth-order valence-corrected chi connectivity index (χ4v) is 1.60. The van der Waals surface area contributed by atoms with Gasteiger partial charge in [-0.1, -0.05) is 23.4 Å². The molecule has 2 heterocycles. The summed E-state index contributed by atoms with van der Waals surface area (Å²) in [5.74, 6) is 0.818. The van der Waals surface area contributed by atoms with Gasteiger partial charge in [0.15, 0.2) is 0 Å². The molecule has 0 aliphatic rings. The third-order valence-electron chi connectivity index (χ3n) is 2.35. The predicted molar refractivity (Wildman–Crippen MR) is 54.0 cm³/mol. The van der Waals surface area contributed by atoms with Crippen molar-refractivity contribution in [3.8, 4) is 0 Å². The van der Waals surface area contributed by atoms with E-state index in [2.05, 4.69) is 16.2 Å². The number of nitrogens with zero attached hydrogens (tertiary/aromatic N) is 2. The van der Waals surface area contributed by atoms with Gasteiger partial charge in [-0.15, -0.1) is 0 Å². The Balaban J connectivity index is 2.54. The van der Waals surface area contributed by atoms with Crippen LogP contribution in [0.2, 0.25) is 0 Å². The van der Waals surface area contributed by atoms with Crippen molar-refractivity contribution in [1.29, 1.82) is 0 Å². The van der Waals surface area contributed by atoms with Crippen LogP contribution in [0.1, 0.15) is 5.76 Å². The van der Waals surface area contributed by atoms with Gasteiger partial charge in [0.1, 0.15) is 5.76 Å². The van der Waals surface area contributed by atoms with Crippen molar-refractivity contribution in [3.05, 3.63) is 36.1 Å². The molecule has 0 fully saturated rings. The van der Waals surface area contributed by atoms with Gasteiger partial charge in [-0.2, -0.15) is 0 Å². The number of fused-ring (bicyclic) bond motifs is 2. The number of para-hydroxylation sites is 1. The summed E-state index contributed by atoms with van der Waals surface area (Å²) in [5, 5.41) is 5.99. The second-order valence-electron chi connectivity index (χ2n) is 3.29. The Morgan fingerprint density at radius 3 is 3.00 bits per heavy atom. The number of benzene rings is 1. The van der Waals surface area contributed by atoms with Crippen molar-refractivity contribution in [2.75, 3.05) is 0 Å². The van der Waals surface area contributed by atoms with E-state index in [4.69, 9.17) is 4.52 Å². The molecule has 68 valence electrons. The monoisotopic (exact) mass is 184 g/mol. The molecule has 0 unspecified atom stereocenters. The maximum absolute atomic E-state index is 5.07. The Morgan fingerprint density at radius 1 is 1.21 bits per heavy atom. The van der Waals surface area contributed by atoms with Crippen LogP contribution in [0.15, 0.2) is 34.9 Å². The van der Waals surface area contributed by atoms with Gasteiger partial charge in [0.25, 0.3) is 0 Å². The predicted octanol–water partition coefficient (Wildman–Crippen LogP) is 2.68. The largest absolute Gasteiger partial charge is 0.359 e. The standard InChI is InChI=1S/C11H8N2O/c1-7-9-6-8-4-2-3-5-10(8)12-11(9)13-14-7/h2-6H,1H3. The van der Waals surface area contributed by atoms with Crippen LogP contribution in [-0.4, -0.2) is 10.1 Å². The average Bonchev–Trinajstić information content (AvgIpc) is 2.57. The molecular formula is C11H8N2O. The molecular weight excluding hydrogens is 176 g/mol. The molecule has 14 heavy (non-hydrogen) atoms. The van der Waals surface area contributed by atoms with E-state index in [9.17, 15) is 0 Å². The summed E-state index contributed by atoms with van der Waals surface area (Å²) in [5.41, 5.74) is 1.63. The maximum Gasteiger partial charge on any atom is 0.203 e. The lowest BCUT2D eigenvalue weighted by molar-refractivity contribution is 0.404. The number of aromatic nitrogens is 2. The molecule has 1 aromatic carbocycles. The normalized spacial score (nSPS) is 11.2. The molecule has 0 atom stereocenters. The highest BCUT2D eigenvalue weighted by Gasteiger charge is 2.06. The molecule has 3 heteroatoms. The van der Waals surface area contributed by atoms with Gasteiger partial charge in [-0.05, 0) is 19.1 Å². The van der Waals surface area contributed by atoms with E-state index in [-0.39, 0.29) is 0 Å².